The number of carbonyl (C=O) groups excluding carboxylic acids is 1. The smallest absolute Gasteiger partial charge is 0.450 e. The van der Waals surface area contributed by atoms with Gasteiger partial charge in [0.1, 0.15) is 11.8 Å². The van der Waals surface area contributed by atoms with Crippen molar-refractivity contribution in [2.45, 2.75) is 25.5 Å². The number of rotatable bonds is 4. The van der Waals surface area contributed by atoms with Gasteiger partial charge in [0.2, 0.25) is 0 Å². The van der Waals surface area contributed by atoms with Gasteiger partial charge in [0.15, 0.2) is 0 Å². The van der Waals surface area contributed by atoms with Crippen LogP contribution in [0.5, 0.6) is 0 Å². The van der Waals surface area contributed by atoms with Crippen molar-refractivity contribution >= 4 is 17.7 Å². The molecular weight excluding hydrogens is 372 g/mol. The van der Waals surface area contributed by atoms with E-state index in [4.69, 9.17) is 15.6 Å². The minimum Gasteiger partial charge on any atom is -0.450 e. The lowest BCUT2D eigenvalue weighted by Crippen LogP contribution is -2.41. The van der Waals surface area contributed by atoms with Crippen LogP contribution in [-0.4, -0.2) is 50.6 Å². The Hall–Kier alpha value is -3.39. The molecule has 3 N–H and O–H groups in total. The maximum atomic E-state index is 12.7. The Morgan fingerprint density at radius 3 is 2.48 bits per heavy atom. The number of nitrogens with two attached hydrogens (primary N) is 1. The molecule has 1 aromatic carbocycles. The first-order valence-corrected chi connectivity index (χ1v) is 9.50. The topological polar surface area (TPSA) is 110 Å². The lowest BCUT2D eigenvalue weighted by atomic mass is 10.0. The van der Waals surface area contributed by atoms with Gasteiger partial charge in [-0.1, -0.05) is 18.2 Å². The van der Waals surface area contributed by atoms with Crippen LogP contribution in [0.1, 0.15) is 28.8 Å². The molecule has 0 bridgehead atoms. The third-order valence-corrected chi connectivity index (χ3v) is 5.17. The summed E-state index contributed by atoms with van der Waals surface area (Å²) >= 11 is 0. The molecule has 2 aromatic heterocycles. The summed E-state index contributed by atoms with van der Waals surface area (Å²) in [6, 6.07) is 11.3. The molecule has 3 aromatic rings. The minimum atomic E-state index is -1.27. The van der Waals surface area contributed by atoms with Crippen molar-refractivity contribution in [1.29, 1.82) is 0 Å². The van der Waals surface area contributed by atoms with Gasteiger partial charge in [-0.25, -0.2) is 9.78 Å². The first-order chi connectivity index (χ1) is 14.0. The van der Waals surface area contributed by atoms with Crippen molar-refractivity contribution < 1.29 is 19.4 Å². The maximum Gasteiger partial charge on any atom is 0.506 e. The summed E-state index contributed by atoms with van der Waals surface area (Å²) in [5, 5.41) is 8.70. The Balaban J connectivity index is 1.45. The van der Waals surface area contributed by atoms with E-state index in [1.807, 2.05) is 41.1 Å². The van der Waals surface area contributed by atoms with E-state index in [-0.39, 0.29) is 12.0 Å². The first kappa shape index (κ1) is 18.9. The quantitative estimate of drug-likeness (QED) is 0.659. The Morgan fingerprint density at radius 1 is 1.10 bits per heavy atom. The molecule has 8 nitrogen and oxygen atoms in total. The fourth-order valence-electron chi connectivity index (χ4n) is 3.58. The van der Waals surface area contributed by atoms with Crippen molar-refractivity contribution in [3.8, 4) is 11.3 Å². The number of amides is 1. The Labute approximate surface area is 167 Å². The number of fused-ring (bicyclic) bond motifs is 1. The van der Waals surface area contributed by atoms with Crippen LogP contribution in [0.4, 0.5) is 4.79 Å². The van der Waals surface area contributed by atoms with E-state index in [9.17, 15) is 9.59 Å². The van der Waals surface area contributed by atoms with Crippen LogP contribution in [0.25, 0.3) is 16.9 Å². The minimum absolute atomic E-state index is 0.0621. The number of hydrogen-bond donors (Lipinski definition) is 2. The lowest BCUT2D eigenvalue weighted by Gasteiger charge is -2.31. The average molecular weight is 394 g/mol. The second kappa shape index (κ2) is 7.92. The number of ether oxygens (including phenoxy) is 1. The van der Waals surface area contributed by atoms with Crippen molar-refractivity contribution in [3.63, 3.8) is 0 Å². The SMILES string of the molecule is NCc1ccc2nc(-c3ccc(C(=O)N4CCC(OC(=O)O)CC4)cc3)cn2c1. The van der Waals surface area contributed by atoms with E-state index in [2.05, 4.69) is 4.98 Å². The van der Waals surface area contributed by atoms with Gasteiger partial charge < -0.3 is 24.9 Å². The highest BCUT2D eigenvalue weighted by Gasteiger charge is 2.25. The molecule has 1 amide bonds. The Kier molecular flexibility index (Phi) is 5.18. The molecule has 1 aliphatic rings. The molecule has 0 saturated carbocycles. The van der Waals surface area contributed by atoms with Crippen LogP contribution < -0.4 is 5.73 Å². The zero-order valence-corrected chi connectivity index (χ0v) is 15.8. The molecule has 8 heteroatoms. The van der Waals surface area contributed by atoms with Crippen molar-refractivity contribution in [3.05, 3.63) is 59.9 Å². The molecule has 1 fully saturated rings. The molecule has 150 valence electrons. The predicted molar refractivity (Wildman–Crippen MR) is 107 cm³/mol. The van der Waals surface area contributed by atoms with Crippen LogP contribution in [0.15, 0.2) is 48.8 Å². The number of likely N-dealkylation sites (tertiary alicyclic amines) is 1. The van der Waals surface area contributed by atoms with Crippen molar-refractivity contribution in [2.24, 2.45) is 5.73 Å². The van der Waals surface area contributed by atoms with E-state index in [0.29, 0.717) is 38.0 Å². The molecule has 0 aliphatic carbocycles. The first-order valence-electron chi connectivity index (χ1n) is 9.50. The molecule has 0 spiro atoms. The molecule has 1 saturated heterocycles. The fraction of sp³-hybridized carbons (Fsp3) is 0.286. The van der Waals surface area contributed by atoms with Gasteiger partial charge in [-0.3, -0.25) is 4.79 Å². The zero-order valence-electron chi connectivity index (χ0n) is 15.8. The molecule has 3 heterocycles. The van der Waals surface area contributed by atoms with E-state index in [0.717, 1.165) is 22.5 Å². The molecule has 0 unspecified atom stereocenters. The Morgan fingerprint density at radius 2 is 1.83 bits per heavy atom. The van der Waals surface area contributed by atoms with E-state index >= 15 is 0 Å². The van der Waals surface area contributed by atoms with Gasteiger partial charge in [-0.15, -0.1) is 0 Å². The summed E-state index contributed by atoms with van der Waals surface area (Å²) in [6.07, 6.45) is 3.33. The third-order valence-electron chi connectivity index (χ3n) is 5.17. The van der Waals surface area contributed by atoms with Gasteiger partial charge >= 0.3 is 6.16 Å². The summed E-state index contributed by atoms with van der Waals surface area (Å²) in [7, 11) is 0. The van der Waals surface area contributed by atoms with Gasteiger partial charge in [-0.2, -0.15) is 0 Å². The van der Waals surface area contributed by atoms with E-state index in [1.54, 1.807) is 17.0 Å². The number of imidazole rings is 1. The van der Waals surface area contributed by atoms with Crippen molar-refractivity contribution in [1.82, 2.24) is 14.3 Å². The highest BCUT2D eigenvalue weighted by atomic mass is 16.7. The summed E-state index contributed by atoms with van der Waals surface area (Å²) < 4.78 is 6.74. The van der Waals surface area contributed by atoms with Gasteiger partial charge in [0.05, 0.1) is 5.69 Å². The zero-order chi connectivity index (χ0) is 20.4. The Bertz CT molecular complexity index is 1040. The van der Waals surface area contributed by atoms with Gasteiger partial charge in [0.25, 0.3) is 5.91 Å². The van der Waals surface area contributed by atoms with Crippen molar-refractivity contribution in [2.75, 3.05) is 13.1 Å². The largest absolute Gasteiger partial charge is 0.506 e. The summed E-state index contributed by atoms with van der Waals surface area (Å²) in [5.74, 6) is -0.0621. The second-order valence-corrected chi connectivity index (χ2v) is 7.09. The third kappa shape index (κ3) is 4.07. The predicted octanol–water partition coefficient (Wildman–Crippen LogP) is 2.76. The number of carbonyl (C=O) groups is 2. The van der Waals surface area contributed by atoms with Crippen LogP contribution in [0, 0.1) is 0 Å². The van der Waals surface area contributed by atoms with Crippen LogP contribution >= 0.6 is 0 Å². The molecule has 0 atom stereocenters. The number of aromatic nitrogens is 2. The average Bonchev–Trinajstić information content (AvgIpc) is 3.16. The highest BCUT2D eigenvalue weighted by molar-refractivity contribution is 5.94. The summed E-state index contributed by atoms with van der Waals surface area (Å²) in [6.45, 7) is 1.43. The highest BCUT2D eigenvalue weighted by Crippen LogP contribution is 2.22. The maximum absolute atomic E-state index is 12.7. The number of piperidine rings is 1. The van der Waals surface area contributed by atoms with Gasteiger partial charge in [-0.05, 0) is 23.8 Å². The van der Waals surface area contributed by atoms with Crippen LogP contribution in [0.2, 0.25) is 0 Å². The van der Waals surface area contributed by atoms with Gasteiger partial charge in [0, 0.05) is 56.0 Å². The molecule has 0 radical (unpaired) electrons. The molecular formula is C21H22N4O4. The van der Waals surface area contributed by atoms with Crippen LogP contribution in [-0.2, 0) is 11.3 Å². The number of benzene rings is 1. The standard InChI is InChI=1S/C21H22N4O4/c22-11-14-1-6-19-23-18(13-25(19)12-14)15-2-4-16(5-3-15)20(26)24-9-7-17(8-10-24)29-21(27)28/h1-6,12-13,17H,7-11,22H2,(H,27,28). The summed E-state index contributed by atoms with van der Waals surface area (Å²) in [4.78, 5) is 29.7. The number of hydrogen-bond acceptors (Lipinski definition) is 5. The molecule has 1 aliphatic heterocycles. The normalized spacial score (nSPS) is 14.9. The number of carboxylic acid groups (broad SMARTS) is 1. The van der Waals surface area contributed by atoms with E-state index < -0.39 is 6.16 Å². The fourth-order valence-corrected chi connectivity index (χ4v) is 3.58. The molecule has 4 rings (SSSR count). The number of nitrogens with zero attached hydrogens (tertiary/aromatic N) is 3. The molecule has 29 heavy (non-hydrogen) atoms. The van der Waals surface area contributed by atoms with E-state index in [1.165, 1.54) is 0 Å². The number of pyridine rings is 1. The van der Waals surface area contributed by atoms with Crippen LogP contribution in [0.3, 0.4) is 0 Å². The monoisotopic (exact) mass is 394 g/mol. The summed E-state index contributed by atoms with van der Waals surface area (Å²) in [5.41, 5.74) is 9.90. The second-order valence-electron chi connectivity index (χ2n) is 7.09. The lowest BCUT2D eigenvalue weighted by molar-refractivity contribution is 0.0199.